The number of nitrogens with one attached hydrogen (secondary N) is 1. The Morgan fingerprint density at radius 2 is 2.21 bits per heavy atom. The summed E-state index contributed by atoms with van der Waals surface area (Å²) in [4.78, 5) is 3.13. The lowest BCUT2D eigenvalue weighted by Crippen LogP contribution is -1.94. The molecule has 4 nitrogen and oxygen atoms in total. The van der Waals surface area contributed by atoms with Gasteiger partial charge in [-0.3, -0.25) is 0 Å². The number of phenolic OH excluding ortho intramolecular Hbond substituents is 1. The number of hydrogen-bond donors (Lipinski definition) is 3. The maximum absolute atomic E-state index is 9.52. The van der Waals surface area contributed by atoms with Crippen molar-refractivity contribution in [3.05, 3.63) is 23.9 Å². The van der Waals surface area contributed by atoms with Crippen molar-refractivity contribution < 1.29 is 9.84 Å². The smallest absolute Gasteiger partial charge is 0.162 e. The first kappa shape index (κ1) is 8.90. The number of aromatic hydroxyl groups is 1. The van der Waals surface area contributed by atoms with E-state index >= 15 is 0 Å². The standard InChI is InChI=1S/C10H12N2O2/c1-14-10-4-8-6(3-9(10)13)2-7(5-11)12-8/h2-4,12-13H,5,11H2,1H3. The highest BCUT2D eigenvalue weighted by Gasteiger charge is 2.06. The molecule has 14 heavy (non-hydrogen) atoms. The van der Waals surface area contributed by atoms with Crippen molar-refractivity contribution in [2.24, 2.45) is 5.73 Å². The molecule has 0 amide bonds. The molecule has 1 heterocycles. The van der Waals surface area contributed by atoms with Gasteiger partial charge in [-0.1, -0.05) is 0 Å². The molecule has 0 aliphatic rings. The zero-order valence-electron chi connectivity index (χ0n) is 7.87. The number of nitrogens with two attached hydrogens (primary N) is 1. The number of aromatic amines is 1. The normalized spacial score (nSPS) is 10.7. The first-order valence-electron chi connectivity index (χ1n) is 4.33. The van der Waals surface area contributed by atoms with Gasteiger partial charge in [0.05, 0.1) is 7.11 Å². The Labute approximate surface area is 81.3 Å². The van der Waals surface area contributed by atoms with Gasteiger partial charge in [0.2, 0.25) is 0 Å². The monoisotopic (exact) mass is 192 g/mol. The Kier molecular flexibility index (Phi) is 2.05. The zero-order valence-corrected chi connectivity index (χ0v) is 7.87. The quantitative estimate of drug-likeness (QED) is 0.672. The lowest BCUT2D eigenvalue weighted by molar-refractivity contribution is 0.374. The minimum absolute atomic E-state index is 0.141. The Morgan fingerprint density at radius 3 is 2.86 bits per heavy atom. The van der Waals surface area contributed by atoms with Gasteiger partial charge in [-0.2, -0.15) is 0 Å². The van der Waals surface area contributed by atoms with Crippen molar-refractivity contribution in [3.8, 4) is 11.5 Å². The number of ether oxygens (including phenoxy) is 1. The molecule has 0 saturated carbocycles. The highest BCUT2D eigenvalue weighted by molar-refractivity contribution is 5.84. The Bertz CT molecular complexity index is 462. The first-order valence-corrected chi connectivity index (χ1v) is 4.33. The second-order valence-electron chi connectivity index (χ2n) is 3.11. The molecule has 2 aromatic rings. The summed E-state index contributed by atoms with van der Waals surface area (Å²) in [7, 11) is 1.52. The SMILES string of the molecule is COc1cc2[nH]c(CN)cc2cc1O. The summed E-state index contributed by atoms with van der Waals surface area (Å²) in [6.07, 6.45) is 0. The Hall–Kier alpha value is -1.68. The highest BCUT2D eigenvalue weighted by atomic mass is 16.5. The summed E-state index contributed by atoms with van der Waals surface area (Å²) < 4.78 is 4.99. The molecule has 0 atom stereocenters. The van der Waals surface area contributed by atoms with E-state index in [-0.39, 0.29) is 5.75 Å². The lowest BCUT2D eigenvalue weighted by Gasteiger charge is -2.02. The Morgan fingerprint density at radius 1 is 1.43 bits per heavy atom. The third kappa shape index (κ3) is 1.29. The molecule has 4 N–H and O–H groups in total. The minimum Gasteiger partial charge on any atom is -0.504 e. The molecule has 74 valence electrons. The molecule has 1 aromatic heterocycles. The maximum Gasteiger partial charge on any atom is 0.162 e. The van der Waals surface area contributed by atoms with Crippen molar-refractivity contribution in [2.45, 2.75) is 6.54 Å². The van der Waals surface area contributed by atoms with Crippen LogP contribution in [0.1, 0.15) is 5.69 Å². The van der Waals surface area contributed by atoms with Crippen LogP contribution in [0.25, 0.3) is 10.9 Å². The van der Waals surface area contributed by atoms with Crippen molar-refractivity contribution in [1.82, 2.24) is 4.98 Å². The van der Waals surface area contributed by atoms with Gasteiger partial charge in [0, 0.05) is 29.2 Å². The predicted molar refractivity (Wildman–Crippen MR) is 54.4 cm³/mol. The van der Waals surface area contributed by atoms with E-state index < -0.39 is 0 Å². The van der Waals surface area contributed by atoms with Crippen molar-refractivity contribution in [2.75, 3.05) is 7.11 Å². The van der Waals surface area contributed by atoms with Crippen LogP contribution in [0.3, 0.4) is 0 Å². The molecule has 0 aliphatic carbocycles. The number of hydrogen-bond acceptors (Lipinski definition) is 3. The van der Waals surface area contributed by atoms with Gasteiger partial charge in [0.25, 0.3) is 0 Å². The van der Waals surface area contributed by atoms with Crippen molar-refractivity contribution in [3.63, 3.8) is 0 Å². The van der Waals surface area contributed by atoms with Crippen molar-refractivity contribution >= 4 is 10.9 Å². The molecule has 0 spiro atoms. The lowest BCUT2D eigenvalue weighted by atomic mass is 10.2. The fraction of sp³-hybridized carbons (Fsp3) is 0.200. The molecule has 4 heteroatoms. The molecule has 0 unspecified atom stereocenters. The van der Waals surface area contributed by atoms with Crippen molar-refractivity contribution in [1.29, 1.82) is 0 Å². The van der Waals surface area contributed by atoms with Gasteiger partial charge in [0.1, 0.15) is 0 Å². The fourth-order valence-corrected chi connectivity index (χ4v) is 1.48. The number of H-pyrrole nitrogens is 1. The van der Waals surface area contributed by atoms with E-state index in [0.29, 0.717) is 12.3 Å². The number of benzene rings is 1. The summed E-state index contributed by atoms with van der Waals surface area (Å²) in [5.74, 6) is 0.602. The van der Waals surface area contributed by atoms with Gasteiger partial charge in [0.15, 0.2) is 11.5 Å². The zero-order chi connectivity index (χ0) is 10.1. The second-order valence-corrected chi connectivity index (χ2v) is 3.11. The van der Waals surface area contributed by atoms with Crippen LogP contribution in [0.2, 0.25) is 0 Å². The summed E-state index contributed by atoms with van der Waals surface area (Å²) in [5, 5.41) is 10.5. The minimum atomic E-state index is 0.141. The van der Waals surface area contributed by atoms with Crippen LogP contribution in [0, 0.1) is 0 Å². The molecule has 0 bridgehead atoms. The van der Waals surface area contributed by atoms with Crippen LogP contribution in [-0.2, 0) is 6.54 Å². The average Bonchev–Trinajstić information content (AvgIpc) is 2.58. The van der Waals surface area contributed by atoms with Crippen LogP contribution in [0.5, 0.6) is 11.5 Å². The van der Waals surface area contributed by atoms with E-state index in [4.69, 9.17) is 10.5 Å². The van der Waals surface area contributed by atoms with Crippen LogP contribution in [0.15, 0.2) is 18.2 Å². The molecule has 0 fully saturated rings. The Balaban J connectivity index is 2.64. The van der Waals surface area contributed by atoms with E-state index in [1.54, 1.807) is 12.1 Å². The number of methoxy groups -OCH3 is 1. The first-order chi connectivity index (χ1) is 6.74. The molecular formula is C10H12N2O2. The van der Waals surface area contributed by atoms with Gasteiger partial charge in [-0.15, -0.1) is 0 Å². The number of fused-ring (bicyclic) bond motifs is 1. The summed E-state index contributed by atoms with van der Waals surface area (Å²) >= 11 is 0. The fourth-order valence-electron chi connectivity index (χ4n) is 1.48. The summed E-state index contributed by atoms with van der Waals surface area (Å²) in [5.41, 5.74) is 7.35. The highest BCUT2D eigenvalue weighted by Crippen LogP contribution is 2.31. The summed E-state index contributed by atoms with van der Waals surface area (Å²) in [6, 6.07) is 5.32. The van der Waals surface area contributed by atoms with Gasteiger partial charge < -0.3 is 20.6 Å². The van der Waals surface area contributed by atoms with Gasteiger partial charge >= 0.3 is 0 Å². The van der Waals surface area contributed by atoms with Crippen LogP contribution < -0.4 is 10.5 Å². The average molecular weight is 192 g/mol. The van der Waals surface area contributed by atoms with E-state index in [0.717, 1.165) is 16.6 Å². The third-order valence-corrected chi connectivity index (χ3v) is 2.20. The third-order valence-electron chi connectivity index (χ3n) is 2.20. The molecule has 0 aliphatic heterocycles. The van der Waals surface area contributed by atoms with E-state index in [9.17, 15) is 5.11 Å². The maximum atomic E-state index is 9.52. The largest absolute Gasteiger partial charge is 0.504 e. The molecule has 1 aromatic carbocycles. The predicted octanol–water partition coefficient (Wildman–Crippen LogP) is 1.34. The van der Waals surface area contributed by atoms with Crippen LogP contribution >= 0.6 is 0 Å². The van der Waals surface area contributed by atoms with E-state index in [2.05, 4.69) is 4.98 Å². The number of aromatic nitrogens is 1. The molecule has 0 saturated heterocycles. The van der Waals surface area contributed by atoms with Gasteiger partial charge in [-0.05, 0) is 12.1 Å². The number of phenols is 1. The van der Waals surface area contributed by atoms with Gasteiger partial charge in [-0.25, -0.2) is 0 Å². The number of rotatable bonds is 2. The van der Waals surface area contributed by atoms with Crippen LogP contribution in [0.4, 0.5) is 0 Å². The molecule has 2 rings (SSSR count). The van der Waals surface area contributed by atoms with Crippen LogP contribution in [-0.4, -0.2) is 17.2 Å². The molecule has 0 radical (unpaired) electrons. The van der Waals surface area contributed by atoms with E-state index in [1.165, 1.54) is 7.11 Å². The molecular weight excluding hydrogens is 180 g/mol. The summed E-state index contributed by atoms with van der Waals surface area (Å²) in [6.45, 7) is 0.456. The topological polar surface area (TPSA) is 71.3 Å². The second kappa shape index (κ2) is 3.23. The van der Waals surface area contributed by atoms with E-state index in [1.807, 2.05) is 6.07 Å².